The van der Waals surface area contributed by atoms with Crippen molar-refractivity contribution < 1.29 is 13.2 Å². The van der Waals surface area contributed by atoms with E-state index < -0.39 is 10.0 Å². The fourth-order valence-electron chi connectivity index (χ4n) is 3.83. The molecule has 1 aromatic heterocycles. The summed E-state index contributed by atoms with van der Waals surface area (Å²) in [5, 5.41) is 4.59. The number of hydrogen-bond acceptors (Lipinski definition) is 5. The first-order valence-corrected chi connectivity index (χ1v) is 11.2. The number of ether oxygens (including phenoxy) is 1. The van der Waals surface area contributed by atoms with Crippen LogP contribution in [0.2, 0.25) is 0 Å². The van der Waals surface area contributed by atoms with E-state index in [2.05, 4.69) is 5.10 Å². The molecule has 152 valence electrons. The first-order chi connectivity index (χ1) is 13.5. The van der Waals surface area contributed by atoms with Crippen LogP contribution in [0.4, 0.5) is 0 Å². The molecule has 1 aliphatic carbocycles. The molecule has 0 amide bonds. The van der Waals surface area contributed by atoms with Crippen LogP contribution in [0.15, 0.2) is 40.0 Å². The van der Waals surface area contributed by atoms with Crippen molar-refractivity contribution in [1.82, 2.24) is 18.7 Å². The van der Waals surface area contributed by atoms with E-state index in [9.17, 15) is 13.2 Å². The molecular formula is C19H26N4O4S. The molecule has 4 rings (SSSR count). The van der Waals surface area contributed by atoms with Crippen LogP contribution in [0.1, 0.15) is 43.5 Å². The lowest BCUT2D eigenvalue weighted by molar-refractivity contribution is 0.182. The highest BCUT2D eigenvalue weighted by molar-refractivity contribution is 7.89. The van der Waals surface area contributed by atoms with Gasteiger partial charge < -0.3 is 4.74 Å². The average molecular weight is 407 g/mol. The zero-order valence-corrected chi connectivity index (χ0v) is 16.8. The van der Waals surface area contributed by atoms with E-state index >= 15 is 0 Å². The first-order valence-electron chi connectivity index (χ1n) is 9.75. The summed E-state index contributed by atoms with van der Waals surface area (Å²) in [6.07, 6.45) is 3.53. The van der Waals surface area contributed by atoms with Gasteiger partial charge in [0.05, 0.1) is 18.0 Å². The van der Waals surface area contributed by atoms with E-state index in [0.717, 1.165) is 31.5 Å². The number of benzene rings is 1. The third-order valence-corrected chi connectivity index (χ3v) is 7.33. The number of aromatic nitrogens is 3. The molecule has 1 saturated carbocycles. The van der Waals surface area contributed by atoms with Gasteiger partial charge in [0.25, 0.3) is 0 Å². The van der Waals surface area contributed by atoms with Gasteiger partial charge in [-0.05, 0) is 37.8 Å². The van der Waals surface area contributed by atoms with Crippen LogP contribution < -0.4 is 5.69 Å². The summed E-state index contributed by atoms with van der Waals surface area (Å²) in [5.74, 6) is 0.640. The Bertz CT molecular complexity index is 979. The van der Waals surface area contributed by atoms with Crippen molar-refractivity contribution in [3.63, 3.8) is 0 Å². The molecule has 0 spiro atoms. The summed E-state index contributed by atoms with van der Waals surface area (Å²) in [4.78, 5) is 13.1. The van der Waals surface area contributed by atoms with Crippen LogP contribution >= 0.6 is 0 Å². The predicted octanol–water partition coefficient (Wildman–Crippen LogP) is 1.59. The largest absolute Gasteiger partial charge is 0.383 e. The Morgan fingerprint density at radius 3 is 2.61 bits per heavy atom. The van der Waals surface area contributed by atoms with Gasteiger partial charge in [-0.15, -0.1) is 0 Å². The van der Waals surface area contributed by atoms with Crippen molar-refractivity contribution in [3.8, 4) is 0 Å². The monoisotopic (exact) mass is 406 g/mol. The van der Waals surface area contributed by atoms with Gasteiger partial charge in [-0.2, -0.15) is 9.40 Å². The Morgan fingerprint density at radius 2 is 1.93 bits per heavy atom. The summed E-state index contributed by atoms with van der Waals surface area (Å²) in [6.45, 7) is 1.66. The average Bonchev–Trinajstić information content (AvgIpc) is 3.50. The normalized spacial score (nSPS) is 21.1. The number of methoxy groups -OCH3 is 1. The van der Waals surface area contributed by atoms with E-state index in [0.29, 0.717) is 31.1 Å². The summed E-state index contributed by atoms with van der Waals surface area (Å²) in [6, 6.07) is 8.71. The molecule has 0 bridgehead atoms. The van der Waals surface area contributed by atoms with Crippen molar-refractivity contribution in [3.05, 3.63) is 46.6 Å². The highest BCUT2D eigenvalue weighted by Gasteiger charge is 2.37. The molecule has 1 unspecified atom stereocenters. The quantitative estimate of drug-likeness (QED) is 0.697. The zero-order valence-electron chi connectivity index (χ0n) is 16.0. The molecule has 8 nitrogen and oxygen atoms in total. The van der Waals surface area contributed by atoms with Crippen molar-refractivity contribution in [2.75, 3.05) is 26.8 Å². The molecule has 1 aliphatic heterocycles. The molecule has 2 fully saturated rings. The second-order valence-corrected chi connectivity index (χ2v) is 9.41. The SMILES string of the molecule is COCCn1nc(C2CCCN(S(=O)(=O)c3ccccc3)C2)n(C2CC2)c1=O. The van der Waals surface area contributed by atoms with Gasteiger partial charge in [0.2, 0.25) is 10.0 Å². The number of rotatable bonds is 7. The molecule has 2 aromatic rings. The van der Waals surface area contributed by atoms with Gasteiger partial charge in [-0.1, -0.05) is 18.2 Å². The maximum Gasteiger partial charge on any atom is 0.346 e. The molecule has 1 atom stereocenters. The van der Waals surface area contributed by atoms with Crippen molar-refractivity contribution in [2.24, 2.45) is 0 Å². The van der Waals surface area contributed by atoms with Crippen molar-refractivity contribution >= 4 is 10.0 Å². The lowest BCUT2D eigenvalue weighted by atomic mass is 9.99. The van der Waals surface area contributed by atoms with Gasteiger partial charge in [-0.25, -0.2) is 17.9 Å². The minimum absolute atomic E-state index is 0.0793. The number of piperidine rings is 1. The van der Waals surface area contributed by atoms with E-state index in [1.54, 1.807) is 42.0 Å². The van der Waals surface area contributed by atoms with Crippen LogP contribution in [-0.2, 0) is 21.3 Å². The molecule has 1 saturated heterocycles. The van der Waals surface area contributed by atoms with Crippen LogP contribution in [0.3, 0.4) is 0 Å². The van der Waals surface area contributed by atoms with E-state index in [4.69, 9.17) is 4.74 Å². The second-order valence-electron chi connectivity index (χ2n) is 7.47. The summed E-state index contributed by atoms with van der Waals surface area (Å²) < 4.78 is 35.9. The van der Waals surface area contributed by atoms with Crippen molar-refractivity contribution in [2.45, 2.75) is 49.1 Å². The molecule has 2 aliphatic rings. The number of nitrogens with zero attached hydrogens (tertiary/aromatic N) is 4. The summed E-state index contributed by atoms with van der Waals surface area (Å²) in [7, 11) is -1.95. The smallest absolute Gasteiger partial charge is 0.346 e. The molecule has 2 heterocycles. The molecule has 1 aromatic carbocycles. The maximum absolute atomic E-state index is 13.0. The van der Waals surface area contributed by atoms with Crippen LogP contribution in [-0.4, -0.2) is 53.9 Å². The fraction of sp³-hybridized carbons (Fsp3) is 0.579. The highest BCUT2D eigenvalue weighted by atomic mass is 32.2. The van der Waals surface area contributed by atoms with Crippen LogP contribution in [0.25, 0.3) is 0 Å². The maximum atomic E-state index is 13.0. The third kappa shape index (κ3) is 3.66. The van der Waals surface area contributed by atoms with Gasteiger partial charge in [0.15, 0.2) is 0 Å². The number of hydrogen-bond donors (Lipinski definition) is 0. The molecule has 9 heteroatoms. The zero-order chi connectivity index (χ0) is 19.7. The molecule has 0 N–H and O–H groups in total. The van der Waals surface area contributed by atoms with Crippen LogP contribution in [0, 0.1) is 0 Å². The predicted molar refractivity (Wildman–Crippen MR) is 104 cm³/mol. The Hall–Kier alpha value is -1.97. The van der Waals surface area contributed by atoms with Gasteiger partial charge in [-0.3, -0.25) is 4.57 Å². The first kappa shape index (κ1) is 19.4. The second kappa shape index (κ2) is 7.81. The lowest BCUT2D eigenvalue weighted by Crippen LogP contribution is -2.40. The molecule has 0 radical (unpaired) electrons. The van der Waals surface area contributed by atoms with Crippen molar-refractivity contribution in [1.29, 1.82) is 0 Å². The van der Waals surface area contributed by atoms with Gasteiger partial charge >= 0.3 is 5.69 Å². The summed E-state index contributed by atoms with van der Waals surface area (Å²) in [5.41, 5.74) is -0.113. The van der Waals surface area contributed by atoms with Gasteiger partial charge in [0.1, 0.15) is 5.82 Å². The number of sulfonamides is 1. The Morgan fingerprint density at radius 1 is 1.18 bits per heavy atom. The Balaban J connectivity index is 1.62. The van der Waals surface area contributed by atoms with E-state index in [1.807, 2.05) is 0 Å². The minimum Gasteiger partial charge on any atom is -0.383 e. The van der Waals surface area contributed by atoms with E-state index in [-0.39, 0.29) is 17.6 Å². The Labute approximate surface area is 164 Å². The van der Waals surface area contributed by atoms with E-state index in [1.165, 1.54) is 8.99 Å². The standard InChI is InChI=1S/C19H26N4O4S/c1-27-13-12-22-19(24)23(16-9-10-16)18(20-22)15-6-5-11-21(14-15)28(25,26)17-7-3-2-4-8-17/h2-4,7-8,15-16H,5-6,9-14H2,1H3. The van der Waals surface area contributed by atoms with Gasteiger partial charge in [0, 0.05) is 32.2 Å². The highest BCUT2D eigenvalue weighted by Crippen LogP contribution is 2.37. The Kier molecular flexibility index (Phi) is 5.39. The molecular weight excluding hydrogens is 380 g/mol. The minimum atomic E-state index is -3.55. The third-order valence-electron chi connectivity index (χ3n) is 5.45. The summed E-state index contributed by atoms with van der Waals surface area (Å²) >= 11 is 0. The molecule has 28 heavy (non-hydrogen) atoms. The fourth-order valence-corrected chi connectivity index (χ4v) is 5.37. The lowest BCUT2D eigenvalue weighted by Gasteiger charge is -2.31. The van der Waals surface area contributed by atoms with Crippen LogP contribution in [0.5, 0.6) is 0 Å². The topological polar surface area (TPSA) is 86.4 Å².